The number of cyclic esters (lactones) is 2. The topological polar surface area (TPSA) is 76.7 Å². The van der Waals surface area contributed by atoms with Crippen molar-refractivity contribution in [3.63, 3.8) is 0 Å². The number of hydrogen-bond acceptors (Lipinski definition) is 5. The Morgan fingerprint density at radius 2 is 2.14 bits per heavy atom. The SMILES string of the molecule is CC(C)(C)NNC(=O)C1COC(=O)O1. The summed E-state index contributed by atoms with van der Waals surface area (Å²) in [5, 5.41) is 0. The zero-order valence-electron chi connectivity index (χ0n) is 8.42. The van der Waals surface area contributed by atoms with Gasteiger partial charge in [-0.25, -0.2) is 10.2 Å². The predicted octanol–water partition coefficient (Wildman–Crippen LogP) is -0.0589. The summed E-state index contributed by atoms with van der Waals surface area (Å²) in [6.45, 7) is 5.65. The molecule has 0 aromatic rings. The summed E-state index contributed by atoms with van der Waals surface area (Å²) in [6.07, 6.45) is -1.65. The van der Waals surface area contributed by atoms with Crippen molar-refractivity contribution < 1.29 is 19.1 Å². The van der Waals surface area contributed by atoms with Gasteiger partial charge in [-0.2, -0.15) is 0 Å². The summed E-state index contributed by atoms with van der Waals surface area (Å²) in [7, 11) is 0. The van der Waals surface area contributed by atoms with E-state index >= 15 is 0 Å². The van der Waals surface area contributed by atoms with E-state index in [0.29, 0.717) is 0 Å². The quantitative estimate of drug-likeness (QED) is 0.484. The minimum absolute atomic E-state index is 0.0313. The van der Waals surface area contributed by atoms with Crippen LogP contribution in [0.1, 0.15) is 20.8 Å². The monoisotopic (exact) mass is 202 g/mol. The summed E-state index contributed by atoms with van der Waals surface area (Å²) < 4.78 is 9.04. The van der Waals surface area contributed by atoms with E-state index in [-0.39, 0.29) is 12.1 Å². The molecule has 1 saturated heterocycles. The largest absolute Gasteiger partial charge is 0.509 e. The van der Waals surface area contributed by atoms with Gasteiger partial charge in [0, 0.05) is 5.54 Å². The maximum atomic E-state index is 11.3. The Bertz CT molecular complexity index is 246. The fraction of sp³-hybridized carbons (Fsp3) is 0.750. The predicted molar refractivity (Wildman–Crippen MR) is 47.3 cm³/mol. The van der Waals surface area contributed by atoms with Crippen molar-refractivity contribution >= 4 is 12.1 Å². The molecule has 0 bridgehead atoms. The normalized spacial score (nSPS) is 21.4. The van der Waals surface area contributed by atoms with E-state index < -0.39 is 18.2 Å². The van der Waals surface area contributed by atoms with E-state index in [0.717, 1.165) is 0 Å². The third-order valence-electron chi connectivity index (χ3n) is 1.44. The van der Waals surface area contributed by atoms with Crippen LogP contribution in [0.25, 0.3) is 0 Å². The first-order valence-corrected chi connectivity index (χ1v) is 4.29. The van der Waals surface area contributed by atoms with Crippen LogP contribution in [0.4, 0.5) is 4.79 Å². The summed E-state index contributed by atoms with van der Waals surface area (Å²) >= 11 is 0. The van der Waals surface area contributed by atoms with Crippen LogP contribution in [-0.2, 0) is 14.3 Å². The van der Waals surface area contributed by atoms with Crippen LogP contribution in [0.15, 0.2) is 0 Å². The molecule has 0 aromatic heterocycles. The van der Waals surface area contributed by atoms with E-state index in [1.807, 2.05) is 20.8 Å². The lowest BCUT2D eigenvalue weighted by molar-refractivity contribution is -0.129. The number of amides is 1. The molecule has 14 heavy (non-hydrogen) atoms. The van der Waals surface area contributed by atoms with E-state index in [9.17, 15) is 9.59 Å². The second kappa shape index (κ2) is 3.83. The highest BCUT2D eigenvalue weighted by Crippen LogP contribution is 2.05. The smallest absolute Gasteiger partial charge is 0.430 e. The molecule has 1 aliphatic rings. The van der Waals surface area contributed by atoms with E-state index in [2.05, 4.69) is 20.3 Å². The van der Waals surface area contributed by atoms with E-state index in [1.165, 1.54) is 0 Å². The lowest BCUT2D eigenvalue weighted by Gasteiger charge is -2.21. The molecule has 1 fully saturated rings. The molecular weight excluding hydrogens is 188 g/mol. The summed E-state index contributed by atoms with van der Waals surface area (Å²) in [4.78, 5) is 21.8. The molecule has 1 amide bonds. The van der Waals surface area contributed by atoms with Crippen molar-refractivity contribution in [2.45, 2.75) is 32.4 Å². The molecule has 0 spiro atoms. The maximum absolute atomic E-state index is 11.3. The maximum Gasteiger partial charge on any atom is 0.509 e. The third-order valence-corrected chi connectivity index (χ3v) is 1.44. The molecule has 1 atom stereocenters. The van der Waals surface area contributed by atoms with Gasteiger partial charge in [-0.15, -0.1) is 0 Å². The molecule has 0 radical (unpaired) electrons. The number of hydrazine groups is 1. The lowest BCUT2D eigenvalue weighted by Crippen LogP contribution is -2.52. The standard InChI is InChI=1S/C8H14N2O4/c1-8(2,3)10-9-6(11)5-4-13-7(12)14-5/h5,10H,4H2,1-3H3,(H,9,11). The lowest BCUT2D eigenvalue weighted by atomic mass is 10.1. The Morgan fingerprint density at radius 1 is 1.50 bits per heavy atom. The van der Waals surface area contributed by atoms with Crippen molar-refractivity contribution in [2.75, 3.05) is 6.61 Å². The van der Waals surface area contributed by atoms with Gasteiger partial charge in [0.2, 0.25) is 6.10 Å². The average Bonchev–Trinajstić information content (AvgIpc) is 2.46. The van der Waals surface area contributed by atoms with Gasteiger partial charge in [-0.05, 0) is 20.8 Å². The molecular formula is C8H14N2O4. The number of hydrogen-bond donors (Lipinski definition) is 2. The van der Waals surface area contributed by atoms with Gasteiger partial charge in [0.15, 0.2) is 0 Å². The number of rotatable bonds is 2. The molecule has 2 N–H and O–H groups in total. The number of ether oxygens (including phenoxy) is 2. The van der Waals surface area contributed by atoms with Crippen LogP contribution in [-0.4, -0.2) is 30.3 Å². The Labute approximate surface area is 81.9 Å². The highest BCUT2D eigenvalue weighted by molar-refractivity contribution is 5.84. The van der Waals surface area contributed by atoms with Crippen molar-refractivity contribution in [3.8, 4) is 0 Å². The molecule has 1 rings (SSSR count). The summed E-state index contributed by atoms with van der Waals surface area (Å²) in [6, 6.07) is 0. The minimum Gasteiger partial charge on any atom is -0.430 e. The van der Waals surface area contributed by atoms with E-state index in [1.54, 1.807) is 0 Å². The van der Waals surface area contributed by atoms with Gasteiger partial charge in [-0.1, -0.05) is 0 Å². The van der Waals surface area contributed by atoms with Gasteiger partial charge in [0.25, 0.3) is 5.91 Å². The highest BCUT2D eigenvalue weighted by Gasteiger charge is 2.31. The molecule has 0 aliphatic carbocycles. The molecule has 1 aliphatic heterocycles. The highest BCUT2D eigenvalue weighted by atomic mass is 16.8. The van der Waals surface area contributed by atoms with Gasteiger partial charge >= 0.3 is 6.16 Å². The number of carbonyl (C=O) groups excluding carboxylic acids is 2. The van der Waals surface area contributed by atoms with Crippen LogP contribution < -0.4 is 10.9 Å². The fourth-order valence-electron chi connectivity index (χ4n) is 0.787. The van der Waals surface area contributed by atoms with Crippen molar-refractivity contribution in [2.24, 2.45) is 0 Å². The van der Waals surface area contributed by atoms with Crippen molar-refractivity contribution in [1.29, 1.82) is 0 Å². The summed E-state index contributed by atoms with van der Waals surface area (Å²) in [5.41, 5.74) is 4.97. The molecule has 6 nitrogen and oxygen atoms in total. The van der Waals surface area contributed by atoms with Crippen LogP contribution in [0, 0.1) is 0 Å². The zero-order chi connectivity index (χ0) is 10.8. The van der Waals surface area contributed by atoms with Crippen LogP contribution in [0.5, 0.6) is 0 Å². The molecule has 1 heterocycles. The van der Waals surface area contributed by atoms with Gasteiger partial charge in [0.05, 0.1) is 0 Å². The average molecular weight is 202 g/mol. The second-order valence-corrected chi connectivity index (χ2v) is 4.03. The van der Waals surface area contributed by atoms with Crippen LogP contribution in [0.3, 0.4) is 0 Å². The Hall–Kier alpha value is -1.30. The fourth-order valence-corrected chi connectivity index (χ4v) is 0.787. The Balaban J connectivity index is 2.32. The minimum atomic E-state index is -0.850. The Kier molecular flexibility index (Phi) is 2.95. The first kappa shape index (κ1) is 10.8. The summed E-state index contributed by atoms with van der Waals surface area (Å²) in [5.74, 6) is -0.411. The molecule has 6 heteroatoms. The first-order valence-electron chi connectivity index (χ1n) is 4.29. The van der Waals surface area contributed by atoms with Crippen LogP contribution >= 0.6 is 0 Å². The number of carbonyl (C=O) groups is 2. The third kappa shape index (κ3) is 3.21. The molecule has 1 unspecified atom stereocenters. The Morgan fingerprint density at radius 3 is 2.57 bits per heavy atom. The van der Waals surface area contributed by atoms with Gasteiger partial charge < -0.3 is 9.47 Å². The van der Waals surface area contributed by atoms with Crippen molar-refractivity contribution in [1.82, 2.24) is 10.9 Å². The van der Waals surface area contributed by atoms with Crippen LogP contribution in [0.2, 0.25) is 0 Å². The zero-order valence-corrected chi connectivity index (χ0v) is 8.42. The molecule has 0 aromatic carbocycles. The van der Waals surface area contributed by atoms with Gasteiger partial charge in [0.1, 0.15) is 6.61 Å². The number of nitrogens with one attached hydrogen (secondary N) is 2. The molecule has 0 saturated carbocycles. The molecule has 80 valence electrons. The van der Waals surface area contributed by atoms with Crippen molar-refractivity contribution in [3.05, 3.63) is 0 Å². The van der Waals surface area contributed by atoms with E-state index in [4.69, 9.17) is 0 Å². The van der Waals surface area contributed by atoms with Gasteiger partial charge in [-0.3, -0.25) is 10.2 Å². The first-order chi connectivity index (χ1) is 6.38. The second-order valence-electron chi connectivity index (χ2n) is 4.03.